The monoisotopic (exact) mass is 579 g/mol. The zero-order valence-corrected chi connectivity index (χ0v) is 22.6. The smallest absolute Gasteiger partial charge is 0.281 e. The highest BCUT2D eigenvalue weighted by Crippen LogP contribution is 2.41. The van der Waals surface area contributed by atoms with Gasteiger partial charge in [0.2, 0.25) is 5.88 Å². The molecule has 13 heteroatoms. The molecule has 2 N–H and O–H groups in total. The summed E-state index contributed by atoms with van der Waals surface area (Å²) in [7, 11) is -4.13. The van der Waals surface area contributed by atoms with E-state index in [0.29, 0.717) is 28.0 Å². The highest BCUT2D eigenvalue weighted by atomic mass is 35.5. The Morgan fingerprint density at radius 1 is 1.05 bits per heavy atom. The van der Waals surface area contributed by atoms with Crippen molar-refractivity contribution in [2.75, 3.05) is 48.5 Å². The van der Waals surface area contributed by atoms with Gasteiger partial charge in [-0.3, -0.25) is 14.2 Å². The third-order valence-electron chi connectivity index (χ3n) is 5.70. The maximum atomic E-state index is 13.5. The maximum Gasteiger partial charge on any atom is 0.281 e. The van der Waals surface area contributed by atoms with Crippen molar-refractivity contribution in [3.8, 4) is 5.75 Å². The Balaban J connectivity index is 1.65. The van der Waals surface area contributed by atoms with E-state index in [1.54, 1.807) is 52.3 Å². The van der Waals surface area contributed by atoms with E-state index in [1.165, 1.54) is 4.90 Å². The fourth-order valence-electron chi connectivity index (χ4n) is 4.03. The largest absolute Gasteiger partial charge is 0.439 e. The third-order valence-corrected chi connectivity index (χ3v) is 7.15. The van der Waals surface area contributed by atoms with Crippen molar-refractivity contribution in [1.29, 1.82) is 0 Å². The molecule has 0 spiro atoms. The van der Waals surface area contributed by atoms with Crippen LogP contribution in [0.2, 0.25) is 5.02 Å². The number of hydrogen-bond acceptors (Lipinski definition) is 8. The van der Waals surface area contributed by atoms with Crippen molar-refractivity contribution in [3.05, 3.63) is 77.3 Å². The van der Waals surface area contributed by atoms with Gasteiger partial charge in [-0.15, -0.1) is 0 Å². The van der Waals surface area contributed by atoms with E-state index in [1.807, 2.05) is 18.2 Å². The number of nitrogens with zero attached hydrogens (tertiary/aromatic N) is 3. The summed E-state index contributed by atoms with van der Waals surface area (Å²) in [4.78, 5) is 18.3. The van der Waals surface area contributed by atoms with Crippen LogP contribution in [0, 0.1) is 0 Å². The summed E-state index contributed by atoms with van der Waals surface area (Å²) in [6, 6.07) is 14.1. The fourth-order valence-corrected chi connectivity index (χ4v) is 5.07. The number of benzene rings is 2. The number of carbonyl (C=O) groups excluding carboxylic acids is 1. The molecule has 1 amide bonds. The van der Waals surface area contributed by atoms with Gasteiger partial charge in [0.25, 0.3) is 16.0 Å². The van der Waals surface area contributed by atoms with Gasteiger partial charge in [-0.05, 0) is 55.0 Å². The number of aliphatic hydroxyl groups is 1. The molecule has 2 aromatic carbocycles. The second-order valence-electron chi connectivity index (χ2n) is 8.31. The van der Waals surface area contributed by atoms with Crippen molar-refractivity contribution < 1.29 is 32.3 Å². The van der Waals surface area contributed by atoms with Crippen molar-refractivity contribution in [2.24, 2.45) is 0 Å². The van der Waals surface area contributed by atoms with Crippen LogP contribution in [0.3, 0.4) is 0 Å². The molecule has 0 radical (unpaired) electrons. The summed E-state index contributed by atoms with van der Waals surface area (Å²) >= 11 is 11.8. The lowest BCUT2D eigenvalue weighted by Gasteiger charge is -2.20. The molecule has 0 atom stereocenters. The Kier molecular flexibility index (Phi) is 9.03. The molecule has 1 saturated heterocycles. The number of hydrogen-bond donors (Lipinski definition) is 2. The molecule has 10 nitrogen and oxygen atoms in total. The Morgan fingerprint density at radius 3 is 2.53 bits per heavy atom. The molecule has 202 valence electrons. The van der Waals surface area contributed by atoms with Crippen molar-refractivity contribution in [2.45, 2.75) is 6.42 Å². The Morgan fingerprint density at radius 2 is 1.82 bits per heavy atom. The van der Waals surface area contributed by atoms with Crippen LogP contribution >= 0.6 is 23.8 Å². The molecule has 1 fully saturated rings. The van der Waals surface area contributed by atoms with Gasteiger partial charge in [-0.1, -0.05) is 29.8 Å². The molecule has 4 rings (SSSR count). The molecule has 0 aromatic heterocycles. The van der Waals surface area contributed by atoms with E-state index in [4.69, 9.17) is 43.0 Å². The number of fused-ring (bicyclic) bond motifs is 1. The molecule has 2 heterocycles. The number of amides is 1. The van der Waals surface area contributed by atoms with Crippen molar-refractivity contribution in [1.82, 2.24) is 4.90 Å². The van der Waals surface area contributed by atoms with Crippen LogP contribution < -0.4 is 14.5 Å². The van der Waals surface area contributed by atoms with Gasteiger partial charge in [0.05, 0.1) is 36.9 Å². The van der Waals surface area contributed by atoms with E-state index in [0.717, 1.165) is 0 Å². The molecule has 2 aliphatic rings. The zero-order chi connectivity index (χ0) is 27.3. The predicted molar refractivity (Wildman–Crippen MR) is 148 cm³/mol. The number of halogens is 1. The predicted octanol–water partition coefficient (Wildman–Crippen LogP) is 3.18. The van der Waals surface area contributed by atoms with Crippen LogP contribution in [-0.4, -0.2) is 72.7 Å². The quantitative estimate of drug-likeness (QED) is 0.178. The van der Waals surface area contributed by atoms with Gasteiger partial charge in [0, 0.05) is 24.2 Å². The Labute approximate surface area is 231 Å². The van der Waals surface area contributed by atoms with Gasteiger partial charge in [0.15, 0.2) is 10.9 Å². The molecule has 2 aromatic rings. The molecule has 0 bridgehead atoms. The second kappa shape index (κ2) is 12.2. The lowest BCUT2D eigenvalue weighted by molar-refractivity contribution is -0.114. The van der Waals surface area contributed by atoms with E-state index >= 15 is 0 Å². The van der Waals surface area contributed by atoms with Gasteiger partial charge in [-0.2, -0.15) is 8.42 Å². The first-order chi connectivity index (χ1) is 18.2. The zero-order valence-electron chi connectivity index (χ0n) is 20.2. The summed E-state index contributed by atoms with van der Waals surface area (Å²) in [6.07, 6.45) is 3.32. The first-order valence-corrected chi connectivity index (χ1v) is 14.1. The average Bonchev–Trinajstić information content (AvgIpc) is 3.33. The van der Waals surface area contributed by atoms with E-state index in [-0.39, 0.29) is 56.0 Å². The minimum atomic E-state index is -4.13. The molecule has 0 unspecified atom stereocenters. The van der Waals surface area contributed by atoms with Gasteiger partial charge in [-0.25, -0.2) is 0 Å². The number of anilines is 2. The lowest BCUT2D eigenvalue weighted by atomic mass is 10.2. The Hall–Kier alpha value is -3.00. The SMILES string of the molecule is O=C1C(=CC=C2Oc3ccc(Cl)cc3N2CCCS(=O)(=O)O)N(CCOCCO)C(=S)N1c1ccccc1. The molecule has 0 aliphatic carbocycles. The summed E-state index contributed by atoms with van der Waals surface area (Å²) in [5.41, 5.74) is 1.53. The summed E-state index contributed by atoms with van der Waals surface area (Å²) in [5, 5.41) is 9.75. The van der Waals surface area contributed by atoms with Crippen LogP contribution in [-0.2, 0) is 19.6 Å². The highest BCUT2D eigenvalue weighted by molar-refractivity contribution is 7.85. The summed E-state index contributed by atoms with van der Waals surface area (Å²) in [5.74, 6) is 0.100. The van der Waals surface area contributed by atoms with Crippen molar-refractivity contribution >= 4 is 56.3 Å². The fraction of sp³-hybridized carbons (Fsp3) is 0.280. The van der Waals surface area contributed by atoms with E-state index in [2.05, 4.69) is 0 Å². The minimum absolute atomic E-state index is 0.121. The highest BCUT2D eigenvalue weighted by Gasteiger charge is 2.38. The Bertz CT molecular complexity index is 1370. The van der Waals surface area contributed by atoms with Crippen molar-refractivity contribution in [3.63, 3.8) is 0 Å². The maximum absolute atomic E-state index is 13.5. The van der Waals surface area contributed by atoms with Crippen LogP contribution in [0.25, 0.3) is 0 Å². The number of allylic oxidation sites excluding steroid dienone is 2. The number of para-hydroxylation sites is 1. The number of ether oxygens (including phenoxy) is 2. The van der Waals surface area contributed by atoms with E-state index in [9.17, 15) is 13.2 Å². The molecular formula is C25H26ClN3O7S2. The first-order valence-electron chi connectivity index (χ1n) is 11.7. The standard InChI is InChI=1S/C25H26ClN3O7S2/c26-18-7-9-22-21(17-18)27(11-4-16-38(32,33)34)23(36-22)10-8-20-24(31)29(19-5-2-1-3-6-19)25(37)28(20)12-14-35-15-13-30/h1-3,5-10,17,30H,4,11-16H2,(H,32,33,34). The molecule has 38 heavy (non-hydrogen) atoms. The van der Waals surface area contributed by atoms with Gasteiger partial charge in [0.1, 0.15) is 5.70 Å². The van der Waals surface area contributed by atoms with Crippen LogP contribution in [0.4, 0.5) is 11.4 Å². The van der Waals surface area contributed by atoms with Crippen LogP contribution in [0.1, 0.15) is 6.42 Å². The number of rotatable bonds is 11. The summed E-state index contributed by atoms with van der Waals surface area (Å²) in [6.45, 7) is 0.755. The van der Waals surface area contributed by atoms with Gasteiger partial charge >= 0.3 is 0 Å². The number of thiocarbonyl (C=S) groups is 1. The third kappa shape index (κ3) is 6.52. The molecule has 2 aliphatic heterocycles. The van der Waals surface area contributed by atoms with Crippen LogP contribution in [0.15, 0.2) is 72.3 Å². The minimum Gasteiger partial charge on any atom is -0.439 e. The number of aliphatic hydroxyl groups excluding tert-OH is 1. The number of carbonyl (C=O) groups is 1. The normalized spacial score (nSPS) is 17.6. The van der Waals surface area contributed by atoms with Crippen LogP contribution in [0.5, 0.6) is 5.75 Å². The molecular weight excluding hydrogens is 554 g/mol. The van der Waals surface area contributed by atoms with E-state index < -0.39 is 15.9 Å². The lowest BCUT2D eigenvalue weighted by Crippen LogP contribution is -2.34. The average molecular weight is 580 g/mol. The summed E-state index contributed by atoms with van der Waals surface area (Å²) < 4.78 is 43.0. The molecule has 0 saturated carbocycles. The first kappa shape index (κ1) is 28.0. The van der Waals surface area contributed by atoms with Gasteiger partial charge < -0.3 is 24.4 Å². The second-order valence-corrected chi connectivity index (χ2v) is 10.7. The topological polar surface area (TPSA) is 120 Å².